The van der Waals surface area contributed by atoms with E-state index in [0.717, 1.165) is 11.8 Å². The van der Waals surface area contributed by atoms with Crippen molar-refractivity contribution in [3.8, 4) is 5.69 Å². The average molecular weight is 515 g/mol. The molecule has 1 amide bonds. The summed E-state index contributed by atoms with van der Waals surface area (Å²) in [5.41, 5.74) is 1.18. The lowest BCUT2D eigenvalue weighted by molar-refractivity contribution is -0.137. The molecule has 4 aromatic rings. The molecule has 0 radical (unpaired) electrons. The molecular weight excluding hydrogens is 485 g/mol. The number of aromatic nitrogens is 3. The minimum atomic E-state index is -4.50. The number of fused-ring (bicyclic) bond motifs is 2. The predicted molar refractivity (Wildman–Crippen MR) is 134 cm³/mol. The highest BCUT2D eigenvalue weighted by atomic mass is 19.4. The molecular formula is C27H29F3N4O3. The van der Waals surface area contributed by atoms with Gasteiger partial charge in [-0.05, 0) is 57.5 Å². The molecule has 2 atom stereocenters. The quantitative estimate of drug-likeness (QED) is 0.334. The highest BCUT2D eigenvalue weighted by Crippen LogP contribution is 2.39. The molecule has 37 heavy (non-hydrogen) atoms. The van der Waals surface area contributed by atoms with Gasteiger partial charge in [0.15, 0.2) is 0 Å². The fraction of sp³-hybridized carbons (Fsp3) is 0.370. The summed E-state index contributed by atoms with van der Waals surface area (Å²) < 4.78 is 49.2. The Bertz CT molecular complexity index is 1530. The molecule has 0 aliphatic carbocycles. The van der Waals surface area contributed by atoms with E-state index in [0.29, 0.717) is 22.2 Å². The van der Waals surface area contributed by atoms with Crippen LogP contribution in [0.2, 0.25) is 0 Å². The molecule has 5 rings (SSSR count). The molecule has 1 aliphatic rings. The Kier molecular flexibility index (Phi) is 6.79. The van der Waals surface area contributed by atoms with Crippen LogP contribution in [0.25, 0.3) is 16.7 Å². The molecule has 0 saturated heterocycles. The molecule has 7 nitrogen and oxygen atoms in total. The maximum Gasteiger partial charge on any atom is 0.416 e. The number of amides is 1. The van der Waals surface area contributed by atoms with Crippen molar-refractivity contribution in [3.05, 3.63) is 81.5 Å². The zero-order valence-electron chi connectivity index (χ0n) is 21.6. The number of hydrogen-bond donors (Lipinski definition) is 0. The Labute approximate surface area is 212 Å². The van der Waals surface area contributed by atoms with Gasteiger partial charge in [-0.25, -0.2) is 4.98 Å². The Hall–Kier alpha value is -3.82. The zero-order chi connectivity index (χ0) is 27.2. The highest BCUT2D eigenvalue weighted by molar-refractivity contribution is 5.94. The standard InChI is InChI=1S/C25H23F3N4O3.C2H6/c1-13-7-22-17(8-19(13)25(26,27)28)18(11-35-22)16(4)32-15(3)10-31-21(24(32)34)6-5-20(23(31)33)30-9-14(2)29-12-30;1-2/h5-9,11-12,15-16H,10H2,1-4H3;1-2H3. The van der Waals surface area contributed by atoms with E-state index in [-0.39, 0.29) is 35.3 Å². The summed E-state index contributed by atoms with van der Waals surface area (Å²) in [5.74, 6) is -0.376. The monoisotopic (exact) mass is 514 g/mol. The smallest absolute Gasteiger partial charge is 0.416 e. The summed E-state index contributed by atoms with van der Waals surface area (Å²) >= 11 is 0. The molecule has 1 aromatic carbocycles. The van der Waals surface area contributed by atoms with Gasteiger partial charge >= 0.3 is 6.18 Å². The first-order valence-corrected chi connectivity index (χ1v) is 12.1. The van der Waals surface area contributed by atoms with Crippen molar-refractivity contribution in [1.29, 1.82) is 0 Å². The lowest BCUT2D eigenvalue weighted by atomic mass is 9.98. The van der Waals surface area contributed by atoms with Crippen LogP contribution in [-0.2, 0) is 12.7 Å². The zero-order valence-corrected chi connectivity index (χ0v) is 21.6. The van der Waals surface area contributed by atoms with Crippen LogP contribution in [0.4, 0.5) is 13.2 Å². The van der Waals surface area contributed by atoms with E-state index in [1.165, 1.54) is 23.8 Å². The van der Waals surface area contributed by atoms with Crippen molar-refractivity contribution in [2.75, 3.05) is 0 Å². The third-order valence-corrected chi connectivity index (χ3v) is 6.64. The first kappa shape index (κ1) is 26.2. The number of alkyl halides is 3. The van der Waals surface area contributed by atoms with Gasteiger partial charge < -0.3 is 18.5 Å². The van der Waals surface area contributed by atoms with Gasteiger partial charge in [0.1, 0.15) is 17.0 Å². The molecule has 0 spiro atoms. The Morgan fingerprint density at radius 2 is 1.84 bits per heavy atom. The predicted octanol–water partition coefficient (Wildman–Crippen LogP) is 6.05. The second-order valence-corrected chi connectivity index (χ2v) is 9.03. The van der Waals surface area contributed by atoms with Gasteiger partial charge in [-0.1, -0.05) is 13.8 Å². The Morgan fingerprint density at radius 1 is 1.14 bits per heavy atom. The largest absolute Gasteiger partial charge is 0.464 e. The van der Waals surface area contributed by atoms with Crippen molar-refractivity contribution in [1.82, 2.24) is 19.0 Å². The van der Waals surface area contributed by atoms with E-state index in [1.807, 2.05) is 27.7 Å². The molecule has 0 fully saturated rings. The number of carbonyl (C=O) groups excluding carboxylic acids is 1. The van der Waals surface area contributed by atoms with E-state index >= 15 is 0 Å². The number of pyridine rings is 1. The van der Waals surface area contributed by atoms with Gasteiger partial charge in [0.2, 0.25) is 0 Å². The number of benzene rings is 1. The van der Waals surface area contributed by atoms with Crippen molar-refractivity contribution in [3.63, 3.8) is 0 Å². The SMILES string of the molecule is CC.Cc1cn(-c2ccc3n(c2=O)CC(C)N(C(C)c2coc4cc(C)c(C(F)(F)F)cc24)C3=O)cn1. The van der Waals surface area contributed by atoms with E-state index in [4.69, 9.17) is 4.42 Å². The van der Waals surface area contributed by atoms with E-state index in [2.05, 4.69) is 4.98 Å². The second kappa shape index (κ2) is 9.57. The number of rotatable bonds is 3. The molecule has 4 heterocycles. The maximum absolute atomic E-state index is 13.5. The molecule has 0 N–H and O–H groups in total. The van der Waals surface area contributed by atoms with Crippen molar-refractivity contribution >= 4 is 16.9 Å². The van der Waals surface area contributed by atoms with Gasteiger partial charge in [0, 0.05) is 29.7 Å². The van der Waals surface area contributed by atoms with Crippen molar-refractivity contribution in [2.45, 2.75) is 66.3 Å². The van der Waals surface area contributed by atoms with Crippen LogP contribution < -0.4 is 5.56 Å². The van der Waals surface area contributed by atoms with E-state index in [1.54, 1.807) is 41.0 Å². The molecule has 3 aromatic heterocycles. The van der Waals surface area contributed by atoms with Gasteiger partial charge in [0.05, 0.1) is 29.9 Å². The van der Waals surface area contributed by atoms with Gasteiger partial charge in [0.25, 0.3) is 11.5 Å². The topological polar surface area (TPSA) is 73.3 Å². The van der Waals surface area contributed by atoms with Gasteiger partial charge in [-0.15, -0.1) is 0 Å². The minimum Gasteiger partial charge on any atom is -0.464 e. The molecule has 0 bridgehead atoms. The molecule has 0 saturated carbocycles. The Morgan fingerprint density at radius 3 is 2.46 bits per heavy atom. The molecule has 10 heteroatoms. The highest BCUT2D eigenvalue weighted by Gasteiger charge is 2.37. The summed E-state index contributed by atoms with van der Waals surface area (Å²) in [6.45, 7) is 11.0. The number of furan rings is 1. The maximum atomic E-state index is 13.5. The Balaban J connectivity index is 0.00000156. The van der Waals surface area contributed by atoms with E-state index < -0.39 is 17.8 Å². The lowest BCUT2D eigenvalue weighted by Crippen LogP contribution is -2.50. The van der Waals surface area contributed by atoms with Crippen LogP contribution in [0.1, 0.15) is 66.6 Å². The summed E-state index contributed by atoms with van der Waals surface area (Å²) in [7, 11) is 0. The summed E-state index contributed by atoms with van der Waals surface area (Å²) in [4.78, 5) is 32.4. The summed E-state index contributed by atoms with van der Waals surface area (Å²) in [5, 5.41) is 0.309. The average Bonchev–Trinajstić information content (AvgIpc) is 3.45. The fourth-order valence-electron chi connectivity index (χ4n) is 4.90. The molecule has 2 unspecified atom stereocenters. The van der Waals surface area contributed by atoms with Crippen molar-refractivity contribution < 1.29 is 22.4 Å². The fourth-order valence-corrected chi connectivity index (χ4v) is 4.90. The summed E-state index contributed by atoms with van der Waals surface area (Å²) in [6, 6.07) is 4.65. The number of carbonyl (C=O) groups is 1. The first-order valence-electron chi connectivity index (χ1n) is 12.1. The normalized spacial score (nSPS) is 16.4. The molecule has 196 valence electrons. The van der Waals surface area contributed by atoms with Crippen molar-refractivity contribution in [2.24, 2.45) is 0 Å². The number of aryl methyl sites for hydroxylation is 2. The summed E-state index contributed by atoms with van der Waals surface area (Å²) in [6.07, 6.45) is 0.173. The van der Waals surface area contributed by atoms with Gasteiger partial charge in [-0.3, -0.25) is 9.59 Å². The van der Waals surface area contributed by atoms with Crippen LogP contribution in [0, 0.1) is 13.8 Å². The first-order chi connectivity index (χ1) is 17.5. The number of hydrogen-bond acceptors (Lipinski definition) is 4. The van der Waals surface area contributed by atoms with Crippen LogP contribution >= 0.6 is 0 Å². The van der Waals surface area contributed by atoms with Crippen LogP contribution in [-0.4, -0.2) is 31.0 Å². The van der Waals surface area contributed by atoms with Crippen LogP contribution in [0.5, 0.6) is 0 Å². The minimum absolute atomic E-state index is 0.0677. The van der Waals surface area contributed by atoms with Crippen LogP contribution in [0.3, 0.4) is 0 Å². The van der Waals surface area contributed by atoms with E-state index in [9.17, 15) is 22.8 Å². The third kappa shape index (κ3) is 4.45. The third-order valence-electron chi connectivity index (χ3n) is 6.64. The molecule has 1 aliphatic heterocycles. The number of imidazole rings is 1. The number of halogens is 3. The lowest BCUT2D eigenvalue weighted by Gasteiger charge is -2.39. The van der Waals surface area contributed by atoms with Crippen LogP contribution in [0.15, 0.2) is 52.3 Å². The number of nitrogens with zero attached hydrogens (tertiary/aromatic N) is 4. The van der Waals surface area contributed by atoms with Gasteiger partial charge in [-0.2, -0.15) is 13.2 Å². The second-order valence-electron chi connectivity index (χ2n) is 9.03.